The molecule has 1 rings (SSSR count). The third-order valence-corrected chi connectivity index (χ3v) is 3.43. The molecule has 1 saturated carbocycles. The lowest BCUT2D eigenvalue weighted by Crippen LogP contribution is -2.47. The predicted octanol–water partition coefficient (Wildman–Crippen LogP) is 1.68. The summed E-state index contributed by atoms with van der Waals surface area (Å²) in [6, 6.07) is 0.241. The molecule has 1 aliphatic carbocycles. The fourth-order valence-electron chi connectivity index (χ4n) is 2.18. The van der Waals surface area contributed by atoms with E-state index in [-0.39, 0.29) is 17.9 Å². The first-order chi connectivity index (χ1) is 8.00. The van der Waals surface area contributed by atoms with Gasteiger partial charge in [0.25, 0.3) is 0 Å². The molecule has 98 valence electrons. The Labute approximate surface area is 103 Å². The standard InChI is InChI=1S/C12H24N4O/c1-9(8-11(13)14)16(2)12(17)15-10-6-4-3-5-7-10/h9-10H,3-8H2,1-2H3,(H3,13,14)(H,15,17). The molecule has 2 amide bonds. The van der Waals surface area contributed by atoms with Gasteiger partial charge in [-0.3, -0.25) is 5.41 Å². The number of hydrogen-bond acceptors (Lipinski definition) is 2. The second-order valence-corrected chi connectivity index (χ2v) is 4.97. The maximum absolute atomic E-state index is 11.9. The Morgan fingerprint density at radius 2 is 2.06 bits per heavy atom. The first-order valence-corrected chi connectivity index (χ1v) is 6.37. The van der Waals surface area contributed by atoms with E-state index in [1.165, 1.54) is 19.3 Å². The van der Waals surface area contributed by atoms with Gasteiger partial charge in [0.05, 0.1) is 5.84 Å². The van der Waals surface area contributed by atoms with Crippen LogP contribution in [0.25, 0.3) is 0 Å². The summed E-state index contributed by atoms with van der Waals surface area (Å²) < 4.78 is 0. The molecule has 0 bridgehead atoms. The molecule has 1 unspecified atom stereocenters. The monoisotopic (exact) mass is 240 g/mol. The third-order valence-electron chi connectivity index (χ3n) is 3.43. The number of nitrogens with zero attached hydrogens (tertiary/aromatic N) is 1. The number of amides is 2. The smallest absolute Gasteiger partial charge is 0.317 e. The fourth-order valence-corrected chi connectivity index (χ4v) is 2.18. The summed E-state index contributed by atoms with van der Waals surface area (Å²) in [7, 11) is 1.76. The first-order valence-electron chi connectivity index (χ1n) is 6.37. The lowest BCUT2D eigenvalue weighted by molar-refractivity contribution is 0.187. The number of nitrogens with two attached hydrogens (primary N) is 1. The van der Waals surface area contributed by atoms with Crippen molar-refractivity contribution in [1.29, 1.82) is 5.41 Å². The van der Waals surface area contributed by atoms with Crippen molar-refractivity contribution in [2.24, 2.45) is 5.73 Å². The molecule has 17 heavy (non-hydrogen) atoms. The maximum Gasteiger partial charge on any atom is 0.317 e. The molecular formula is C12H24N4O. The summed E-state index contributed by atoms with van der Waals surface area (Å²) in [6.45, 7) is 1.90. The van der Waals surface area contributed by atoms with E-state index in [0.29, 0.717) is 12.5 Å². The second-order valence-electron chi connectivity index (χ2n) is 4.97. The van der Waals surface area contributed by atoms with E-state index in [0.717, 1.165) is 12.8 Å². The molecule has 0 aromatic carbocycles. The zero-order chi connectivity index (χ0) is 12.8. The quantitative estimate of drug-likeness (QED) is 0.516. The molecule has 1 aliphatic rings. The van der Waals surface area contributed by atoms with Crippen molar-refractivity contribution in [1.82, 2.24) is 10.2 Å². The zero-order valence-corrected chi connectivity index (χ0v) is 10.8. The van der Waals surface area contributed by atoms with Crippen LogP contribution in [0, 0.1) is 5.41 Å². The van der Waals surface area contributed by atoms with Crippen LogP contribution in [0.4, 0.5) is 4.79 Å². The van der Waals surface area contributed by atoms with Crippen LogP contribution in [0.5, 0.6) is 0 Å². The van der Waals surface area contributed by atoms with Gasteiger partial charge >= 0.3 is 6.03 Å². The van der Waals surface area contributed by atoms with Gasteiger partial charge in [-0.05, 0) is 19.8 Å². The summed E-state index contributed by atoms with van der Waals surface area (Å²) in [5, 5.41) is 10.3. The topological polar surface area (TPSA) is 82.2 Å². The minimum absolute atomic E-state index is 0.0314. The van der Waals surface area contributed by atoms with Gasteiger partial charge in [0, 0.05) is 25.6 Å². The first kappa shape index (κ1) is 13.8. The summed E-state index contributed by atoms with van der Waals surface area (Å²) in [5.41, 5.74) is 5.34. The maximum atomic E-state index is 11.9. The lowest BCUT2D eigenvalue weighted by Gasteiger charge is -2.29. The van der Waals surface area contributed by atoms with Crippen LogP contribution in [-0.2, 0) is 0 Å². The Morgan fingerprint density at radius 1 is 1.47 bits per heavy atom. The zero-order valence-electron chi connectivity index (χ0n) is 10.8. The van der Waals surface area contributed by atoms with Gasteiger partial charge in [-0.25, -0.2) is 4.79 Å². The summed E-state index contributed by atoms with van der Waals surface area (Å²) >= 11 is 0. The largest absolute Gasteiger partial charge is 0.388 e. The Balaban J connectivity index is 2.37. The van der Waals surface area contributed by atoms with E-state index in [2.05, 4.69) is 5.32 Å². The van der Waals surface area contributed by atoms with E-state index in [4.69, 9.17) is 11.1 Å². The fraction of sp³-hybridized carbons (Fsp3) is 0.833. The molecule has 0 saturated heterocycles. The van der Waals surface area contributed by atoms with E-state index < -0.39 is 0 Å². The average molecular weight is 240 g/mol. The van der Waals surface area contributed by atoms with Gasteiger partial charge in [0.15, 0.2) is 0 Å². The minimum Gasteiger partial charge on any atom is -0.388 e. The van der Waals surface area contributed by atoms with Gasteiger partial charge in [0.2, 0.25) is 0 Å². The van der Waals surface area contributed by atoms with E-state index in [1.807, 2.05) is 6.92 Å². The van der Waals surface area contributed by atoms with Gasteiger partial charge in [-0.15, -0.1) is 0 Å². The van der Waals surface area contributed by atoms with Gasteiger partial charge in [-0.2, -0.15) is 0 Å². The molecule has 0 aliphatic heterocycles. The number of urea groups is 1. The molecule has 5 nitrogen and oxygen atoms in total. The van der Waals surface area contributed by atoms with Crippen molar-refractivity contribution in [3.05, 3.63) is 0 Å². The Bertz CT molecular complexity index is 274. The van der Waals surface area contributed by atoms with Crippen LogP contribution in [0.15, 0.2) is 0 Å². The number of hydrogen-bond donors (Lipinski definition) is 3. The third kappa shape index (κ3) is 4.63. The number of amidine groups is 1. The van der Waals surface area contributed by atoms with E-state index >= 15 is 0 Å². The SMILES string of the molecule is CC(CC(=N)N)N(C)C(=O)NC1CCCCC1. The molecule has 1 atom stereocenters. The van der Waals surface area contributed by atoms with Crippen LogP contribution in [0.2, 0.25) is 0 Å². The highest BCUT2D eigenvalue weighted by atomic mass is 16.2. The number of carbonyl (C=O) groups excluding carboxylic acids is 1. The molecular weight excluding hydrogens is 216 g/mol. The highest BCUT2D eigenvalue weighted by Gasteiger charge is 2.20. The highest BCUT2D eigenvalue weighted by Crippen LogP contribution is 2.17. The number of carbonyl (C=O) groups is 1. The lowest BCUT2D eigenvalue weighted by atomic mass is 9.96. The molecule has 0 aromatic rings. The van der Waals surface area contributed by atoms with Crippen molar-refractivity contribution < 1.29 is 4.79 Å². The van der Waals surface area contributed by atoms with Crippen LogP contribution in [-0.4, -0.2) is 35.9 Å². The molecule has 4 N–H and O–H groups in total. The molecule has 5 heteroatoms. The summed E-state index contributed by atoms with van der Waals surface area (Å²) in [5.74, 6) is 0.120. The summed E-state index contributed by atoms with van der Waals surface area (Å²) in [4.78, 5) is 13.6. The number of rotatable bonds is 4. The van der Waals surface area contributed by atoms with Gasteiger partial charge in [-0.1, -0.05) is 19.3 Å². The molecule has 0 spiro atoms. The van der Waals surface area contributed by atoms with E-state index in [1.54, 1.807) is 11.9 Å². The van der Waals surface area contributed by atoms with Crippen molar-refractivity contribution in [3.8, 4) is 0 Å². The summed E-state index contributed by atoms with van der Waals surface area (Å²) in [6.07, 6.45) is 6.29. The molecule has 0 aromatic heterocycles. The normalized spacial score (nSPS) is 18.5. The molecule has 1 fully saturated rings. The van der Waals surface area contributed by atoms with Crippen molar-refractivity contribution in [2.75, 3.05) is 7.05 Å². The van der Waals surface area contributed by atoms with Gasteiger partial charge < -0.3 is 16.0 Å². The van der Waals surface area contributed by atoms with Gasteiger partial charge in [0.1, 0.15) is 0 Å². The number of nitrogens with one attached hydrogen (secondary N) is 2. The van der Waals surface area contributed by atoms with Crippen LogP contribution in [0.3, 0.4) is 0 Å². The van der Waals surface area contributed by atoms with Crippen LogP contribution >= 0.6 is 0 Å². The van der Waals surface area contributed by atoms with Crippen LogP contribution < -0.4 is 11.1 Å². The van der Waals surface area contributed by atoms with Crippen molar-refractivity contribution >= 4 is 11.9 Å². The minimum atomic E-state index is -0.0503. The highest BCUT2D eigenvalue weighted by molar-refractivity contribution is 5.79. The average Bonchev–Trinajstić information content (AvgIpc) is 2.28. The van der Waals surface area contributed by atoms with Crippen molar-refractivity contribution in [2.45, 2.75) is 57.5 Å². The van der Waals surface area contributed by atoms with Crippen LogP contribution in [0.1, 0.15) is 45.4 Å². The Hall–Kier alpha value is -1.26. The Morgan fingerprint density at radius 3 is 2.59 bits per heavy atom. The molecule has 0 radical (unpaired) electrons. The Kier molecular flexibility index (Phi) is 5.25. The van der Waals surface area contributed by atoms with E-state index in [9.17, 15) is 4.79 Å². The second kappa shape index (κ2) is 6.47. The molecule has 0 heterocycles. The predicted molar refractivity (Wildman–Crippen MR) is 69.2 cm³/mol. The van der Waals surface area contributed by atoms with Crippen molar-refractivity contribution in [3.63, 3.8) is 0 Å².